The van der Waals surface area contributed by atoms with E-state index in [0.717, 1.165) is 77.5 Å². The molecule has 0 atom stereocenters. The van der Waals surface area contributed by atoms with Gasteiger partial charge in [0.25, 0.3) is 0 Å². The van der Waals surface area contributed by atoms with Crippen molar-refractivity contribution in [2.45, 2.75) is 20.0 Å². The molecule has 2 aromatic heterocycles. The third-order valence-corrected chi connectivity index (χ3v) is 11.3. The predicted molar refractivity (Wildman–Crippen MR) is 232 cm³/mol. The first-order valence-electron chi connectivity index (χ1n) is 19.1. The Bertz CT molecular complexity index is 3290. The highest BCUT2D eigenvalue weighted by Crippen LogP contribution is 2.46. The van der Waals surface area contributed by atoms with Crippen molar-refractivity contribution in [1.29, 1.82) is 0 Å². The molecule has 3 nitrogen and oxygen atoms in total. The zero-order chi connectivity index (χ0) is 39.7. The summed E-state index contributed by atoms with van der Waals surface area (Å²) in [7, 11) is 0. The molecule has 2 heterocycles. The van der Waals surface area contributed by atoms with Crippen LogP contribution in [-0.2, 0) is 6.18 Å². The summed E-state index contributed by atoms with van der Waals surface area (Å²) in [6.07, 6.45) is -4.64. The number of fused-ring (bicyclic) bond motifs is 6. The number of alkyl halides is 3. The van der Waals surface area contributed by atoms with Crippen LogP contribution in [-0.4, -0.2) is 9.13 Å². The van der Waals surface area contributed by atoms with Crippen LogP contribution in [0.25, 0.3) is 93.2 Å². The van der Waals surface area contributed by atoms with E-state index in [9.17, 15) is 13.2 Å². The molecule has 0 fully saturated rings. The van der Waals surface area contributed by atoms with Crippen LogP contribution in [0.5, 0.6) is 0 Å². The molecule has 0 spiro atoms. The van der Waals surface area contributed by atoms with E-state index in [-0.39, 0.29) is 16.8 Å². The van der Waals surface area contributed by atoms with Gasteiger partial charge in [-0.25, -0.2) is 4.85 Å². The summed E-state index contributed by atoms with van der Waals surface area (Å²) in [4.78, 5) is 3.94. The van der Waals surface area contributed by atoms with Gasteiger partial charge in [-0.05, 0) is 89.7 Å². The van der Waals surface area contributed by atoms with Crippen molar-refractivity contribution in [3.05, 3.63) is 198 Å². The average Bonchev–Trinajstić information content (AvgIpc) is 3.75. The lowest BCUT2D eigenvalue weighted by Crippen LogP contribution is -2.08. The minimum atomic E-state index is -4.64. The van der Waals surface area contributed by atoms with E-state index in [1.807, 2.05) is 24.3 Å². The van der Waals surface area contributed by atoms with Gasteiger partial charge in [-0.2, -0.15) is 13.2 Å². The fourth-order valence-corrected chi connectivity index (χ4v) is 8.51. The van der Waals surface area contributed by atoms with Crippen molar-refractivity contribution in [3.63, 3.8) is 0 Å². The largest absolute Gasteiger partial charge is 0.416 e. The number of rotatable bonds is 5. The molecule has 58 heavy (non-hydrogen) atoms. The first-order chi connectivity index (χ1) is 28.2. The summed E-state index contributed by atoms with van der Waals surface area (Å²) in [6, 6.07) is 55.1. The zero-order valence-corrected chi connectivity index (χ0v) is 31.6. The third kappa shape index (κ3) is 5.66. The Morgan fingerprint density at radius 3 is 1.36 bits per heavy atom. The molecule has 0 radical (unpaired) electrons. The van der Waals surface area contributed by atoms with Gasteiger partial charge in [0.15, 0.2) is 5.69 Å². The minimum Gasteiger partial charge on any atom is -0.308 e. The quantitative estimate of drug-likeness (QED) is 0.155. The van der Waals surface area contributed by atoms with Crippen LogP contribution in [0.4, 0.5) is 18.9 Å². The monoisotopic (exact) mass is 757 g/mol. The van der Waals surface area contributed by atoms with Gasteiger partial charge in [-0.3, -0.25) is 0 Å². The van der Waals surface area contributed by atoms with E-state index in [4.69, 9.17) is 6.57 Å². The van der Waals surface area contributed by atoms with Crippen LogP contribution in [0.2, 0.25) is 0 Å². The van der Waals surface area contributed by atoms with Crippen LogP contribution in [0.15, 0.2) is 170 Å². The number of halogens is 3. The van der Waals surface area contributed by atoms with Crippen molar-refractivity contribution in [2.24, 2.45) is 0 Å². The Labute approximate surface area is 333 Å². The standard InChI is InChI=1S/C52H34F3N3/c1-32-16-20-34(21-17-32)36-24-26-41-39-11-5-8-14-46(39)57(48(41)28-36)50-30-43(38-10-4-7-13-44(38)52(53,54)55)45(56-3)31-51(50)58-47-15-9-6-12-40(47)42-27-25-37(29-49(42)58)35-22-18-33(2)19-23-35/h4-31H,1-2H3. The highest BCUT2D eigenvalue weighted by molar-refractivity contribution is 6.13. The molecule has 0 N–H and O–H groups in total. The second kappa shape index (κ2) is 13.4. The molecule has 10 aromatic rings. The molecule has 0 saturated carbocycles. The molecule has 0 saturated heterocycles. The first-order valence-corrected chi connectivity index (χ1v) is 19.1. The maximum atomic E-state index is 14.8. The molecule has 278 valence electrons. The summed E-state index contributed by atoms with van der Waals surface area (Å²) in [5, 5.41) is 4.07. The van der Waals surface area contributed by atoms with Gasteiger partial charge in [0.2, 0.25) is 0 Å². The minimum absolute atomic E-state index is 0.0428. The second-order valence-corrected chi connectivity index (χ2v) is 14.9. The van der Waals surface area contributed by atoms with Crippen molar-refractivity contribution >= 4 is 49.3 Å². The van der Waals surface area contributed by atoms with Gasteiger partial charge in [0, 0.05) is 21.5 Å². The maximum absolute atomic E-state index is 14.8. The molecule has 8 aromatic carbocycles. The zero-order valence-electron chi connectivity index (χ0n) is 31.6. The van der Waals surface area contributed by atoms with Gasteiger partial charge < -0.3 is 9.13 Å². The van der Waals surface area contributed by atoms with E-state index in [1.54, 1.807) is 18.2 Å². The summed E-state index contributed by atoms with van der Waals surface area (Å²) >= 11 is 0. The number of benzene rings is 8. The van der Waals surface area contributed by atoms with E-state index >= 15 is 0 Å². The number of para-hydroxylation sites is 2. The van der Waals surface area contributed by atoms with Crippen LogP contribution < -0.4 is 0 Å². The number of aryl methyl sites for hydroxylation is 2. The number of hydrogen-bond donors (Lipinski definition) is 0. The molecule has 0 amide bonds. The third-order valence-electron chi connectivity index (χ3n) is 11.3. The lowest BCUT2D eigenvalue weighted by atomic mass is 9.96. The molecule has 6 heteroatoms. The molecule has 10 rings (SSSR count). The lowest BCUT2D eigenvalue weighted by molar-refractivity contribution is -0.137. The maximum Gasteiger partial charge on any atom is 0.416 e. The van der Waals surface area contributed by atoms with E-state index in [2.05, 4.69) is 137 Å². The summed E-state index contributed by atoms with van der Waals surface area (Å²) in [5.74, 6) is 0. The number of aromatic nitrogens is 2. The highest BCUT2D eigenvalue weighted by Gasteiger charge is 2.34. The Balaban J connectivity index is 1.37. The van der Waals surface area contributed by atoms with Crippen molar-refractivity contribution < 1.29 is 13.2 Å². The molecule has 0 bridgehead atoms. The number of hydrogen-bond acceptors (Lipinski definition) is 0. The normalized spacial score (nSPS) is 11.9. The molecule has 0 aliphatic rings. The van der Waals surface area contributed by atoms with Gasteiger partial charge in [0.1, 0.15) is 0 Å². The Morgan fingerprint density at radius 1 is 0.431 bits per heavy atom. The predicted octanol–water partition coefficient (Wildman–Crippen LogP) is 15.1. The molecular formula is C52H34F3N3. The first kappa shape index (κ1) is 35.1. The van der Waals surface area contributed by atoms with E-state index < -0.39 is 11.7 Å². The van der Waals surface area contributed by atoms with Crippen LogP contribution >= 0.6 is 0 Å². The summed E-state index contributed by atoms with van der Waals surface area (Å²) in [6.45, 7) is 12.6. The van der Waals surface area contributed by atoms with Gasteiger partial charge in [-0.15, -0.1) is 0 Å². The van der Waals surface area contributed by atoms with Crippen molar-refractivity contribution in [3.8, 4) is 44.8 Å². The Kier molecular flexibility index (Phi) is 8.10. The van der Waals surface area contributed by atoms with Crippen LogP contribution in [0.1, 0.15) is 16.7 Å². The average molecular weight is 758 g/mol. The molecule has 0 aliphatic carbocycles. The molecule has 0 unspecified atom stereocenters. The van der Waals surface area contributed by atoms with Crippen LogP contribution in [0, 0.1) is 20.4 Å². The fourth-order valence-electron chi connectivity index (χ4n) is 8.51. The van der Waals surface area contributed by atoms with Crippen molar-refractivity contribution in [1.82, 2.24) is 9.13 Å². The van der Waals surface area contributed by atoms with E-state index in [0.29, 0.717) is 11.4 Å². The molecular weight excluding hydrogens is 724 g/mol. The SMILES string of the molecule is [C-]#[N+]c1cc(-n2c3ccccc3c3ccc(-c4ccc(C)cc4)cc32)c(-n2c3ccccc3c3ccc(-c4ccc(C)cc4)cc32)cc1-c1ccccc1C(F)(F)F. The topological polar surface area (TPSA) is 14.2 Å². The van der Waals surface area contributed by atoms with Crippen LogP contribution in [0.3, 0.4) is 0 Å². The highest BCUT2D eigenvalue weighted by atomic mass is 19.4. The van der Waals surface area contributed by atoms with Gasteiger partial charge >= 0.3 is 6.18 Å². The smallest absolute Gasteiger partial charge is 0.308 e. The van der Waals surface area contributed by atoms with E-state index in [1.165, 1.54) is 17.7 Å². The molecule has 0 aliphatic heterocycles. The fraction of sp³-hybridized carbons (Fsp3) is 0.0577. The van der Waals surface area contributed by atoms with Crippen molar-refractivity contribution in [2.75, 3.05) is 0 Å². The Hall–Kier alpha value is -7.36. The summed E-state index contributed by atoms with van der Waals surface area (Å²) in [5.41, 5.74) is 10.9. The second-order valence-electron chi connectivity index (χ2n) is 14.9. The van der Waals surface area contributed by atoms with Gasteiger partial charge in [-0.1, -0.05) is 139 Å². The number of nitrogens with zero attached hydrogens (tertiary/aromatic N) is 3. The summed E-state index contributed by atoms with van der Waals surface area (Å²) < 4.78 is 48.6. The Morgan fingerprint density at radius 2 is 0.862 bits per heavy atom. The lowest BCUT2D eigenvalue weighted by Gasteiger charge is -2.21. The van der Waals surface area contributed by atoms with Gasteiger partial charge in [0.05, 0.1) is 45.6 Å².